The first-order chi connectivity index (χ1) is 22.2. The van der Waals surface area contributed by atoms with Gasteiger partial charge in [-0.15, -0.1) is 11.3 Å². The van der Waals surface area contributed by atoms with Gasteiger partial charge in [-0.2, -0.15) is 0 Å². The minimum atomic E-state index is -0.833. The maximum absolute atomic E-state index is 12.1. The molecule has 8 nitrogen and oxygen atoms in total. The normalized spacial score (nSPS) is 22.2. The molecule has 0 radical (unpaired) electrons. The lowest BCUT2D eigenvalue weighted by Crippen LogP contribution is -2.56. The van der Waals surface area contributed by atoms with E-state index in [1.165, 1.54) is 24.8 Å². The van der Waals surface area contributed by atoms with Crippen LogP contribution in [0.5, 0.6) is 5.75 Å². The summed E-state index contributed by atoms with van der Waals surface area (Å²) in [6, 6.07) is 11.3. The number of hydrogen-bond acceptors (Lipinski definition) is 8. The van der Waals surface area contributed by atoms with E-state index < -0.39 is 5.97 Å². The zero-order valence-corrected chi connectivity index (χ0v) is 28.3. The Hall–Kier alpha value is -3.56. The number of carboxylic acids is 1. The van der Waals surface area contributed by atoms with Gasteiger partial charge in [0.25, 0.3) is 0 Å². The molecule has 3 aliphatic heterocycles. The van der Waals surface area contributed by atoms with Crippen LogP contribution in [0.1, 0.15) is 81.9 Å². The van der Waals surface area contributed by atoms with Crippen LogP contribution in [0.3, 0.4) is 0 Å². The number of aryl methyl sites for hydroxylation is 1. The molecular weight excluding hydrogens is 595 g/mol. The number of nitrogens with zero attached hydrogens (tertiary/aromatic N) is 5. The molecule has 1 N–H and O–H groups in total. The summed E-state index contributed by atoms with van der Waals surface area (Å²) in [5.74, 6) is 1.95. The fourth-order valence-electron chi connectivity index (χ4n) is 7.84. The number of aliphatic carboxylic acids is 1. The van der Waals surface area contributed by atoms with Crippen molar-refractivity contribution in [2.75, 3.05) is 31.1 Å². The summed E-state index contributed by atoms with van der Waals surface area (Å²) in [5, 5.41) is 10.8. The number of piperazine rings is 1. The van der Waals surface area contributed by atoms with Crippen molar-refractivity contribution in [1.82, 2.24) is 19.9 Å². The molecule has 1 fully saturated rings. The van der Waals surface area contributed by atoms with E-state index in [4.69, 9.17) is 19.7 Å². The summed E-state index contributed by atoms with van der Waals surface area (Å²) in [6.07, 6.45) is 8.71. The highest BCUT2D eigenvalue weighted by atomic mass is 32.1. The van der Waals surface area contributed by atoms with E-state index in [9.17, 15) is 9.90 Å². The van der Waals surface area contributed by atoms with Gasteiger partial charge >= 0.3 is 5.97 Å². The largest absolute Gasteiger partial charge is 0.493 e. The minimum Gasteiger partial charge on any atom is -0.493 e. The number of ether oxygens (including phenoxy) is 1. The van der Waals surface area contributed by atoms with Crippen molar-refractivity contribution in [3.63, 3.8) is 0 Å². The average molecular weight is 640 g/mol. The number of anilines is 1. The predicted molar refractivity (Wildman–Crippen MR) is 185 cm³/mol. The van der Waals surface area contributed by atoms with Crippen molar-refractivity contribution in [1.29, 1.82) is 0 Å². The molecule has 242 valence electrons. The molecule has 1 saturated heterocycles. The van der Waals surface area contributed by atoms with Gasteiger partial charge in [0.15, 0.2) is 0 Å². The maximum Gasteiger partial charge on any atom is 0.307 e. The molecule has 0 aliphatic carbocycles. The number of thiazole rings is 1. The Kier molecular flexibility index (Phi) is 8.72. The molecule has 9 heteroatoms. The van der Waals surface area contributed by atoms with Gasteiger partial charge in [0.2, 0.25) is 5.95 Å². The first-order valence-electron chi connectivity index (χ1n) is 17.0. The van der Waals surface area contributed by atoms with Crippen LogP contribution in [0.2, 0.25) is 0 Å². The van der Waals surface area contributed by atoms with Crippen molar-refractivity contribution in [2.45, 2.75) is 90.6 Å². The van der Waals surface area contributed by atoms with E-state index in [2.05, 4.69) is 48.8 Å². The number of aromatic nitrogens is 3. The maximum atomic E-state index is 12.1. The minimum absolute atomic E-state index is 0.0407. The van der Waals surface area contributed by atoms with E-state index in [1.54, 1.807) is 11.3 Å². The van der Waals surface area contributed by atoms with E-state index in [0.717, 1.165) is 100 Å². The third-order valence-corrected chi connectivity index (χ3v) is 11.5. The lowest BCUT2D eigenvalue weighted by Gasteiger charge is -2.44. The Labute approximate surface area is 275 Å². The first kappa shape index (κ1) is 31.1. The molecular formula is C37H45N5O3S. The quantitative estimate of drug-likeness (QED) is 0.244. The topological polar surface area (TPSA) is 91.7 Å². The van der Waals surface area contributed by atoms with Crippen molar-refractivity contribution in [3.8, 4) is 27.6 Å². The van der Waals surface area contributed by atoms with Gasteiger partial charge in [0.1, 0.15) is 16.5 Å². The highest BCUT2D eigenvalue weighted by molar-refractivity contribution is 7.22. The Bertz CT molecular complexity index is 1750. The summed E-state index contributed by atoms with van der Waals surface area (Å²) < 4.78 is 7.14. The van der Waals surface area contributed by atoms with E-state index in [0.29, 0.717) is 23.9 Å². The fraction of sp³-hybridized carbons (Fsp3) is 0.514. The number of hydrogen-bond donors (Lipinski definition) is 1. The fourth-order valence-corrected chi connectivity index (χ4v) is 8.94. The first-order valence-corrected chi connectivity index (χ1v) is 17.8. The van der Waals surface area contributed by atoms with Gasteiger partial charge in [0, 0.05) is 43.5 Å². The Morgan fingerprint density at radius 3 is 2.78 bits per heavy atom. The number of benzene rings is 2. The molecule has 7 rings (SSSR count). The molecule has 0 spiro atoms. The summed E-state index contributed by atoms with van der Waals surface area (Å²) in [5.41, 5.74) is 6.73. The van der Waals surface area contributed by atoms with Crippen LogP contribution < -0.4 is 9.64 Å². The third kappa shape index (κ3) is 6.11. The van der Waals surface area contributed by atoms with Crippen LogP contribution in [0.15, 0.2) is 36.5 Å². The van der Waals surface area contributed by atoms with Crippen LogP contribution in [0, 0.1) is 12.8 Å². The second kappa shape index (κ2) is 12.9. The lowest BCUT2D eigenvalue weighted by atomic mass is 9.84. The van der Waals surface area contributed by atoms with Gasteiger partial charge in [-0.1, -0.05) is 32.3 Å². The number of carbonyl (C=O) groups is 1. The summed E-state index contributed by atoms with van der Waals surface area (Å²) in [6.45, 7) is 12.7. The highest BCUT2D eigenvalue weighted by Gasteiger charge is 2.32. The Morgan fingerprint density at radius 1 is 1.11 bits per heavy atom. The molecule has 2 aromatic carbocycles. The van der Waals surface area contributed by atoms with Crippen molar-refractivity contribution >= 4 is 33.5 Å². The van der Waals surface area contributed by atoms with Gasteiger partial charge in [-0.05, 0) is 98.4 Å². The van der Waals surface area contributed by atoms with E-state index in [1.807, 2.05) is 25.3 Å². The van der Waals surface area contributed by atoms with Crippen LogP contribution in [0.25, 0.3) is 32.0 Å². The van der Waals surface area contributed by atoms with Gasteiger partial charge in [-0.25, -0.2) is 15.0 Å². The SMILES string of the molecule is Cc1cc2nc3sc2c(c1CC(=O)O)-c1ccc2c(c1)C(CCCCC(C)CC1CN(C(C)C)CCN1c1nccc-3n1)CCO2. The Balaban J connectivity index is 1.38. The van der Waals surface area contributed by atoms with Gasteiger partial charge < -0.3 is 14.7 Å². The van der Waals surface area contributed by atoms with Crippen LogP contribution in [-0.4, -0.2) is 69.3 Å². The van der Waals surface area contributed by atoms with Crippen LogP contribution >= 0.6 is 11.3 Å². The van der Waals surface area contributed by atoms with Crippen molar-refractivity contribution < 1.29 is 14.6 Å². The molecule has 0 amide bonds. The number of carboxylic acid groups (broad SMARTS) is 1. The molecule has 0 saturated carbocycles. The number of fused-ring (bicyclic) bond motifs is 8. The molecule has 3 unspecified atom stereocenters. The smallest absolute Gasteiger partial charge is 0.307 e. The molecule has 5 heterocycles. The third-order valence-electron chi connectivity index (χ3n) is 10.3. The molecule has 6 bridgehead atoms. The predicted octanol–water partition coefficient (Wildman–Crippen LogP) is 7.72. The zero-order chi connectivity index (χ0) is 31.9. The second-order valence-electron chi connectivity index (χ2n) is 13.9. The van der Waals surface area contributed by atoms with Gasteiger partial charge in [-0.3, -0.25) is 9.69 Å². The molecule has 46 heavy (non-hydrogen) atoms. The molecule has 3 aliphatic rings. The molecule has 4 aromatic rings. The van der Waals surface area contributed by atoms with Gasteiger partial charge in [0.05, 0.1) is 23.2 Å². The standard InChI is InChI=1S/C37H45N5O3S/c1-22(2)41-14-15-42-27(21-41)17-23(3)7-5-6-8-25-12-16-45-32-10-9-26(19-29(25)32)34-28(20-33(43)44)24(4)18-31-35(34)46-36(39-31)30-11-13-38-37(42)40-30/h9-11,13,18-19,22-23,25,27H,5-8,12,14-17,20-21H2,1-4H3,(H,43,44). The van der Waals surface area contributed by atoms with Crippen molar-refractivity contribution in [3.05, 3.63) is 53.2 Å². The van der Waals surface area contributed by atoms with Crippen molar-refractivity contribution in [2.24, 2.45) is 5.92 Å². The number of rotatable bonds is 3. The van der Waals surface area contributed by atoms with E-state index >= 15 is 0 Å². The van der Waals surface area contributed by atoms with Crippen LogP contribution in [-0.2, 0) is 11.2 Å². The van der Waals surface area contributed by atoms with E-state index in [-0.39, 0.29) is 6.42 Å². The lowest BCUT2D eigenvalue weighted by molar-refractivity contribution is -0.136. The summed E-state index contributed by atoms with van der Waals surface area (Å²) in [7, 11) is 0. The zero-order valence-electron chi connectivity index (χ0n) is 27.5. The molecule has 2 aromatic heterocycles. The average Bonchev–Trinajstić information content (AvgIpc) is 3.46. The Morgan fingerprint density at radius 2 is 1.96 bits per heavy atom. The van der Waals surface area contributed by atoms with Crippen LogP contribution in [0.4, 0.5) is 5.95 Å². The molecule has 3 atom stereocenters. The highest BCUT2D eigenvalue weighted by Crippen LogP contribution is 2.44. The monoisotopic (exact) mass is 639 g/mol. The second-order valence-corrected chi connectivity index (χ2v) is 14.9. The summed E-state index contributed by atoms with van der Waals surface area (Å²) in [4.78, 5) is 32.2. The summed E-state index contributed by atoms with van der Waals surface area (Å²) >= 11 is 1.60.